The Labute approximate surface area is 178 Å². The number of halogens is 2. The quantitative estimate of drug-likeness (QED) is 0.366. The lowest BCUT2D eigenvalue weighted by Crippen LogP contribution is -2.07. The summed E-state index contributed by atoms with van der Waals surface area (Å²) in [6, 6.07) is 0. The molecule has 6 atom stereocenters. The Kier molecular flexibility index (Phi) is 21.3. The van der Waals surface area contributed by atoms with Crippen LogP contribution in [-0.4, -0.2) is 11.8 Å². The van der Waals surface area contributed by atoms with Crippen LogP contribution < -0.4 is 0 Å². The average molecular weight is 412 g/mol. The van der Waals surface area contributed by atoms with Crippen LogP contribution in [0.1, 0.15) is 108 Å². The topological polar surface area (TPSA) is 0 Å². The van der Waals surface area contributed by atoms with Gasteiger partial charge >= 0.3 is 0 Å². The summed E-state index contributed by atoms with van der Waals surface area (Å²) in [5.41, 5.74) is 0. The van der Waals surface area contributed by atoms with Gasteiger partial charge in [-0.15, -0.1) is 23.2 Å². The van der Waals surface area contributed by atoms with E-state index >= 15 is 0 Å². The molecule has 0 aromatic rings. The molecule has 0 nitrogen and oxygen atoms in total. The highest BCUT2D eigenvalue weighted by Crippen LogP contribution is 2.42. The standard InChI is InChI=1S/C11H21Cl.C10H19Cl.3CH4/c1-3-9-7-10(4-2)11(8-9)5-6-12;1-3-8-5-9(4-2)10(6-8)7-11;;;/h9-11H,3-8H2,1-2H3;8-10H,3-7H2,1-2H3;3*1H4. The highest BCUT2D eigenvalue weighted by Gasteiger charge is 2.31. The summed E-state index contributed by atoms with van der Waals surface area (Å²) in [6.45, 7) is 9.24. The van der Waals surface area contributed by atoms with Gasteiger partial charge in [-0.3, -0.25) is 0 Å². The maximum atomic E-state index is 5.90. The van der Waals surface area contributed by atoms with Crippen LogP contribution in [0.2, 0.25) is 0 Å². The highest BCUT2D eigenvalue weighted by molar-refractivity contribution is 6.18. The zero-order valence-electron chi connectivity index (χ0n) is 16.0. The SMILES string of the molecule is C.C.C.CCC1CC(CC)C(CCCl)C1.CCC1CC(CC)C(CCl)C1. The molecule has 0 saturated heterocycles. The van der Waals surface area contributed by atoms with E-state index in [1.165, 1.54) is 57.8 Å². The summed E-state index contributed by atoms with van der Waals surface area (Å²) in [6.07, 6.45) is 12.4. The Bertz CT molecular complexity index is 280. The van der Waals surface area contributed by atoms with Crippen LogP contribution in [0.25, 0.3) is 0 Å². The van der Waals surface area contributed by atoms with E-state index in [1.54, 1.807) is 0 Å². The van der Waals surface area contributed by atoms with Crippen molar-refractivity contribution < 1.29 is 0 Å². The van der Waals surface area contributed by atoms with Gasteiger partial charge in [-0.2, -0.15) is 0 Å². The lowest BCUT2D eigenvalue weighted by Gasteiger charge is -2.15. The van der Waals surface area contributed by atoms with E-state index in [-0.39, 0.29) is 22.3 Å². The summed E-state index contributed by atoms with van der Waals surface area (Å²) in [5.74, 6) is 7.40. The van der Waals surface area contributed by atoms with E-state index in [9.17, 15) is 0 Å². The fourth-order valence-electron chi connectivity index (χ4n) is 5.02. The van der Waals surface area contributed by atoms with E-state index in [0.717, 1.165) is 47.3 Å². The maximum absolute atomic E-state index is 5.90. The van der Waals surface area contributed by atoms with Gasteiger partial charge in [0.25, 0.3) is 0 Å². The van der Waals surface area contributed by atoms with Gasteiger partial charge < -0.3 is 0 Å². The van der Waals surface area contributed by atoms with Gasteiger partial charge in [0.1, 0.15) is 0 Å². The van der Waals surface area contributed by atoms with Crippen LogP contribution in [-0.2, 0) is 0 Å². The first-order valence-corrected chi connectivity index (χ1v) is 11.3. The van der Waals surface area contributed by atoms with Crippen molar-refractivity contribution in [1.29, 1.82) is 0 Å². The van der Waals surface area contributed by atoms with Crippen molar-refractivity contribution in [3.05, 3.63) is 0 Å². The van der Waals surface area contributed by atoms with Crippen LogP contribution in [0.3, 0.4) is 0 Å². The molecule has 0 radical (unpaired) electrons. The Morgan fingerprint density at radius 2 is 0.962 bits per heavy atom. The molecular weight excluding hydrogens is 359 g/mol. The summed E-state index contributed by atoms with van der Waals surface area (Å²) in [5, 5.41) is 0. The number of hydrogen-bond donors (Lipinski definition) is 0. The number of hydrogen-bond acceptors (Lipinski definition) is 0. The lowest BCUT2D eigenvalue weighted by molar-refractivity contribution is 0.369. The molecule has 162 valence electrons. The largest absolute Gasteiger partial charge is 0.127 e. The van der Waals surface area contributed by atoms with Crippen LogP contribution in [0.15, 0.2) is 0 Å². The van der Waals surface area contributed by atoms with Crippen LogP contribution in [0.4, 0.5) is 0 Å². The predicted octanol–water partition coefficient (Wildman–Crippen LogP) is 9.67. The van der Waals surface area contributed by atoms with Crippen molar-refractivity contribution in [3.63, 3.8) is 0 Å². The van der Waals surface area contributed by atoms with Gasteiger partial charge in [-0.1, -0.05) is 75.7 Å². The molecule has 0 aromatic heterocycles. The number of alkyl halides is 2. The maximum Gasteiger partial charge on any atom is 0.0254 e. The van der Waals surface area contributed by atoms with E-state index in [4.69, 9.17) is 23.2 Å². The van der Waals surface area contributed by atoms with Crippen molar-refractivity contribution in [2.24, 2.45) is 35.5 Å². The van der Waals surface area contributed by atoms with Crippen molar-refractivity contribution >= 4 is 23.2 Å². The third-order valence-electron chi connectivity index (χ3n) is 6.76. The predicted molar refractivity (Wildman–Crippen MR) is 127 cm³/mol. The van der Waals surface area contributed by atoms with Crippen LogP contribution in [0.5, 0.6) is 0 Å². The fourth-order valence-corrected chi connectivity index (χ4v) is 5.68. The molecule has 2 saturated carbocycles. The third kappa shape index (κ3) is 9.68. The molecule has 6 unspecified atom stereocenters. The molecule has 2 fully saturated rings. The monoisotopic (exact) mass is 410 g/mol. The van der Waals surface area contributed by atoms with Crippen molar-refractivity contribution in [3.8, 4) is 0 Å². The minimum absolute atomic E-state index is 0. The second-order valence-corrected chi connectivity index (χ2v) is 8.67. The second-order valence-electron chi connectivity index (χ2n) is 7.98. The zero-order valence-corrected chi connectivity index (χ0v) is 17.5. The second kappa shape index (κ2) is 17.7. The van der Waals surface area contributed by atoms with E-state index < -0.39 is 0 Å². The molecule has 0 bridgehead atoms. The fraction of sp³-hybridized carbons (Fsp3) is 1.00. The summed E-state index contributed by atoms with van der Waals surface area (Å²) in [7, 11) is 0. The molecule has 0 heterocycles. The van der Waals surface area contributed by atoms with Crippen molar-refractivity contribution in [1.82, 2.24) is 0 Å². The van der Waals surface area contributed by atoms with E-state index in [1.807, 2.05) is 0 Å². The normalized spacial score (nSPS) is 32.5. The lowest BCUT2D eigenvalue weighted by atomic mass is 9.92. The van der Waals surface area contributed by atoms with Crippen LogP contribution >= 0.6 is 23.2 Å². The van der Waals surface area contributed by atoms with Gasteiger partial charge in [0.15, 0.2) is 0 Å². The molecule has 0 aromatic carbocycles. The molecule has 0 spiro atoms. The highest BCUT2D eigenvalue weighted by atomic mass is 35.5. The molecule has 2 aliphatic rings. The summed E-state index contributed by atoms with van der Waals surface area (Å²) < 4.78 is 0. The summed E-state index contributed by atoms with van der Waals surface area (Å²) in [4.78, 5) is 0. The first-order valence-electron chi connectivity index (χ1n) is 10.2. The molecule has 2 aliphatic carbocycles. The van der Waals surface area contributed by atoms with Crippen molar-refractivity contribution in [2.45, 2.75) is 108 Å². The van der Waals surface area contributed by atoms with Gasteiger partial charge in [-0.25, -0.2) is 0 Å². The molecule has 26 heavy (non-hydrogen) atoms. The molecular formula is C24H52Cl2. The molecule has 2 heteroatoms. The van der Waals surface area contributed by atoms with Gasteiger partial charge in [0.05, 0.1) is 0 Å². The minimum atomic E-state index is 0. The molecule has 0 N–H and O–H groups in total. The van der Waals surface area contributed by atoms with Gasteiger partial charge in [0, 0.05) is 11.8 Å². The Balaban J connectivity index is -0.000000366. The Hall–Kier alpha value is 0.580. The zero-order chi connectivity index (χ0) is 17.2. The molecule has 0 aliphatic heterocycles. The Morgan fingerprint density at radius 3 is 1.27 bits per heavy atom. The number of rotatable bonds is 7. The smallest absolute Gasteiger partial charge is 0.0254 e. The molecule has 2 rings (SSSR count). The summed E-state index contributed by atoms with van der Waals surface area (Å²) >= 11 is 11.7. The van der Waals surface area contributed by atoms with Gasteiger partial charge in [-0.05, 0) is 67.6 Å². The minimum Gasteiger partial charge on any atom is -0.127 e. The van der Waals surface area contributed by atoms with Crippen molar-refractivity contribution in [2.75, 3.05) is 11.8 Å². The van der Waals surface area contributed by atoms with E-state index in [0.29, 0.717) is 0 Å². The van der Waals surface area contributed by atoms with Gasteiger partial charge in [0.2, 0.25) is 0 Å². The first kappa shape index (κ1) is 31.3. The van der Waals surface area contributed by atoms with E-state index in [2.05, 4.69) is 27.7 Å². The third-order valence-corrected chi connectivity index (χ3v) is 7.37. The Morgan fingerprint density at radius 1 is 0.577 bits per heavy atom. The van der Waals surface area contributed by atoms with Crippen LogP contribution in [0, 0.1) is 35.5 Å². The molecule has 0 amide bonds. The first-order chi connectivity index (χ1) is 11.1. The average Bonchev–Trinajstić information content (AvgIpc) is 3.18.